The summed E-state index contributed by atoms with van der Waals surface area (Å²) in [5.74, 6) is -0.110. The SMILES string of the molecule is COCC(C)C(=O)NCC1(CO)CC1. The summed E-state index contributed by atoms with van der Waals surface area (Å²) in [4.78, 5) is 11.5. The minimum Gasteiger partial charge on any atom is -0.396 e. The standard InChI is InChI=1S/C10H19NO3/c1-8(5-14-2)9(13)11-6-10(7-12)3-4-10/h8,12H,3-7H2,1-2H3,(H,11,13). The highest BCUT2D eigenvalue weighted by atomic mass is 16.5. The molecule has 2 N–H and O–H groups in total. The Hall–Kier alpha value is -0.610. The largest absolute Gasteiger partial charge is 0.396 e. The van der Waals surface area contributed by atoms with Crippen molar-refractivity contribution < 1.29 is 14.6 Å². The van der Waals surface area contributed by atoms with E-state index in [0.29, 0.717) is 13.2 Å². The van der Waals surface area contributed by atoms with Gasteiger partial charge in [0, 0.05) is 19.1 Å². The van der Waals surface area contributed by atoms with E-state index >= 15 is 0 Å². The van der Waals surface area contributed by atoms with Gasteiger partial charge in [0.05, 0.1) is 19.1 Å². The zero-order valence-corrected chi connectivity index (χ0v) is 8.88. The number of ether oxygens (including phenoxy) is 1. The number of amides is 1. The van der Waals surface area contributed by atoms with Gasteiger partial charge in [-0.25, -0.2) is 0 Å². The van der Waals surface area contributed by atoms with Crippen LogP contribution in [0.3, 0.4) is 0 Å². The molecule has 0 aromatic heterocycles. The van der Waals surface area contributed by atoms with Crippen LogP contribution in [0.4, 0.5) is 0 Å². The minimum absolute atomic E-state index is 0.00609. The first-order valence-electron chi connectivity index (χ1n) is 5.01. The van der Waals surface area contributed by atoms with E-state index in [1.165, 1.54) is 0 Å². The van der Waals surface area contributed by atoms with Gasteiger partial charge in [0.2, 0.25) is 5.91 Å². The van der Waals surface area contributed by atoms with Crippen molar-refractivity contribution in [2.45, 2.75) is 19.8 Å². The highest BCUT2D eigenvalue weighted by Crippen LogP contribution is 2.44. The average Bonchev–Trinajstić information content (AvgIpc) is 2.95. The summed E-state index contributed by atoms with van der Waals surface area (Å²) in [5, 5.41) is 11.9. The smallest absolute Gasteiger partial charge is 0.225 e. The van der Waals surface area contributed by atoms with Crippen molar-refractivity contribution in [1.29, 1.82) is 0 Å². The van der Waals surface area contributed by atoms with Gasteiger partial charge >= 0.3 is 0 Å². The number of carbonyl (C=O) groups is 1. The number of rotatable bonds is 6. The summed E-state index contributed by atoms with van der Waals surface area (Å²) >= 11 is 0. The van der Waals surface area contributed by atoms with Crippen molar-refractivity contribution >= 4 is 5.91 Å². The van der Waals surface area contributed by atoms with Crippen LogP contribution in [-0.4, -0.2) is 37.9 Å². The Kier molecular flexibility index (Phi) is 3.89. The molecule has 0 heterocycles. The predicted octanol–water partition coefficient (Wildman–Crippen LogP) is 0.158. The zero-order chi connectivity index (χ0) is 10.6. The maximum atomic E-state index is 11.5. The Labute approximate surface area is 84.6 Å². The molecule has 4 nitrogen and oxygen atoms in total. The van der Waals surface area contributed by atoms with Crippen molar-refractivity contribution in [1.82, 2.24) is 5.32 Å². The second-order valence-corrected chi connectivity index (χ2v) is 4.23. The van der Waals surface area contributed by atoms with Crippen LogP contribution in [0, 0.1) is 11.3 Å². The van der Waals surface area contributed by atoms with E-state index in [9.17, 15) is 4.79 Å². The van der Waals surface area contributed by atoms with Crippen LogP contribution >= 0.6 is 0 Å². The average molecular weight is 201 g/mol. The van der Waals surface area contributed by atoms with Crippen LogP contribution < -0.4 is 5.32 Å². The molecule has 1 fully saturated rings. The third kappa shape index (κ3) is 2.96. The van der Waals surface area contributed by atoms with Gasteiger partial charge in [-0.3, -0.25) is 4.79 Å². The first kappa shape index (κ1) is 11.5. The second kappa shape index (κ2) is 4.75. The summed E-state index contributed by atoms with van der Waals surface area (Å²) in [6.07, 6.45) is 2.03. The third-order valence-electron chi connectivity index (χ3n) is 2.79. The summed E-state index contributed by atoms with van der Waals surface area (Å²) in [6.45, 7) is 3.04. The second-order valence-electron chi connectivity index (χ2n) is 4.23. The summed E-state index contributed by atoms with van der Waals surface area (Å²) < 4.78 is 4.89. The summed E-state index contributed by atoms with van der Waals surface area (Å²) in [6, 6.07) is 0. The van der Waals surface area contributed by atoms with Crippen LogP contribution in [0.25, 0.3) is 0 Å². The van der Waals surface area contributed by atoms with Gasteiger partial charge in [0.15, 0.2) is 0 Å². The van der Waals surface area contributed by atoms with Gasteiger partial charge in [-0.1, -0.05) is 6.92 Å². The quantitative estimate of drug-likeness (QED) is 0.643. The molecular weight excluding hydrogens is 182 g/mol. The molecule has 0 bridgehead atoms. The molecule has 0 spiro atoms. The molecule has 1 amide bonds. The van der Waals surface area contributed by atoms with Crippen molar-refractivity contribution in [3.63, 3.8) is 0 Å². The number of hydrogen-bond donors (Lipinski definition) is 2. The predicted molar refractivity (Wildman–Crippen MR) is 52.8 cm³/mol. The Morgan fingerprint density at radius 3 is 2.71 bits per heavy atom. The third-order valence-corrected chi connectivity index (χ3v) is 2.79. The van der Waals surface area contributed by atoms with E-state index in [0.717, 1.165) is 12.8 Å². The fourth-order valence-electron chi connectivity index (χ4n) is 1.34. The van der Waals surface area contributed by atoms with E-state index in [-0.39, 0.29) is 23.8 Å². The molecule has 0 aliphatic heterocycles. The Balaban J connectivity index is 2.20. The lowest BCUT2D eigenvalue weighted by Crippen LogP contribution is -2.36. The van der Waals surface area contributed by atoms with Gasteiger partial charge in [-0.15, -0.1) is 0 Å². The number of nitrogens with one attached hydrogen (secondary N) is 1. The van der Waals surface area contributed by atoms with Gasteiger partial charge in [0.1, 0.15) is 0 Å². The molecule has 14 heavy (non-hydrogen) atoms. The van der Waals surface area contributed by atoms with Crippen LogP contribution in [-0.2, 0) is 9.53 Å². The molecule has 1 unspecified atom stereocenters. The topological polar surface area (TPSA) is 58.6 Å². The molecule has 1 aliphatic rings. The maximum absolute atomic E-state index is 11.5. The number of carbonyl (C=O) groups excluding carboxylic acids is 1. The van der Waals surface area contributed by atoms with E-state index in [2.05, 4.69) is 5.32 Å². The molecule has 1 atom stereocenters. The van der Waals surface area contributed by atoms with Crippen LogP contribution in [0.15, 0.2) is 0 Å². The molecule has 4 heteroatoms. The molecule has 1 aliphatic carbocycles. The summed E-state index contributed by atoms with van der Waals surface area (Å²) in [5.41, 5.74) is -0.0115. The lowest BCUT2D eigenvalue weighted by Gasteiger charge is -2.15. The Morgan fingerprint density at radius 2 is 2.29 bits per heavy atom. The maximum Gasteiger partial charge on any atom is 0.225 e. The van der Waals surface area contributed by atoms with Crippen molar-refractivity contribution in [2.75, 3.05) is 26.9 Å². The molecular formula is C10H19NO3. The number of methoxy groups -OCH3 is 1. The number of aliphatic hydroxyl groups is 1. The van der Waals surface area contributed by atoms with Gasteiger partial charge in [-0.05, 0) is 12.8 Å². The molecule has 1 rings (SSSR count). The number of hydrogen-bond acceptors (Lipinski definition) is 3. The minimum atomic E-state index is -0.116. The molecule has 0 saturated heterocycles. The Bertz CT molecular complexity index is 202. The van der Waals surface area contributed by atoms with Crippen molar-refractivity contribution in [2.24, 2.45) is 11.3 Å². The molecule has 82 valence electrons. The highest BCUT2D eigenvalue weighted by Gasteiger charge is 2.42. The molecule has 1 saturated carbocycles. The van der Waals surface area contributed by atoms with Crippen LogP contribution in [0.1, 0.15) is 19.8 Å². The zero-order valence-electron chi connectivity index (χ0n) is 8.88. The van der Waals surface area contributed by atoms with Crippen LogP contribution in [0.2, 0.25) is 0 Å². The van der Waals surface area contributed by atoms with Crippen molar-refractivity contribution in [3.8, 4) is 0 Å². The highest BCUT2D eigenvalue weighted by molar-refractivity contribution is 5.78. The van der Waals surface area contributed by atoms with E-state index < -0.39 is 0 Å². The van der Waals surface area contributed by atoms with Crippen LogP contribution in [0.5, 0.6) is 0 Å². The molecule has 0 aromatic rings. The monoisotopic (exact) mass is 201 g/mol. The van der Waals surface area contributed by atoms with Gasteiger partial charge in [-0.2, -0.15) is 0 Å². The first-order valence-corrected chi connectivity index (χ1v) is 5.01. The fourth-order valence-corrected chi connectivity index (χ4v) is 1.34. The number of aliphatic hydroxyl groups excluding tert-OH is 1. The molecule has 0 radical (unpaired) electrons. The first-order chi connectivity index (χ1) is 6.63. The lowest BCUT2D eigenvalue weighted by atomic mass is 10.1. The Morgan fingerprint density at radius 1 is 1.64 bits per heavy atom. The molecule has 0 aromatic carbocycles. The van der Waals surface area contributed by atoms with E-state index in [4.69, 9.17) is 9.84 Å². The van der Waals surface area contributed by atoms with E-state index in [1.54, 1.807) is 7.11 Å². The fraction of sp³-hybridized carbons (Fsp3) is 0.900. The van der Waals surface area contributed by atoms with Gasteiger partial charge in [0.25, 0.3) is 0 Å². The van der Waals surface area contributed by atoms with E-state index in [1.807, 2.05) is 6.92 Å². The summed E-state index contributed by atoms with van der Waals surface area (Å²) in [7, 11) is 1.58. The van der Waals surface area contributed by atoms with Crippen molar-refractivity contribution in [3.05, 3.63) is 0 Å². The normalized spacial score (nSPS) is 20.2. The van der Waals surface area contributed by atoms with Gasteiger partial charge < -0.3 is 15.2 Å². The lowest BCUT2D eigenvalue weighted by molar-refractivity contribution is -0.126.